The van der Waals surface area contributed by atoms with E-state index < -0.39 is 11.7 Å². The first-order valence-corrected chi connectivity index (χ1v) is 11.9. The van der Waals surface area contributed by atoms with Crippen LogP contribution in [0.1, 0.15) is 57.2 Å². The predicted octanol–water partition coefficient (Wildman–Crippen LogP) is 8.12. The van der Waals surface area contributed by atoms with Crippen molar-refractivity contribution in [3.8, 4) is 0 Å². The number of para-hydroxylation sites is 2. The minimum absolute atomic E-state index is 0.185. The fourth-order valence-electron chi connectivity index (χ4n) is 6.15. The molecule has 2 aliphatic heterocycles. The fourth-order valence-corrected chi connectivity index (χ4v) is 6.15. The van der Waals surface area contributed by atoms with E-state index in [1.165, 1.54) is 11.6 Å². The van der Waals surface area contributed by atoms with Crippen LogP contribution in [0.25, 0.3) is 0 Å². The first kappa shape index (κ1) is 22.8. The van der Waals surface area contributed by atoms with E-state index in [1.807, 2.05) is 37.3 Å². The van der Waals surface area contributed by atoms with Crippen molar-refractivity contribution in [2.24, 2.45) is 5.41 Å². The number of benzene rings is 2. The van der Waals surface area contributed by atoms with Gasteiger partial charge in [0.25, 0.3) is 0 Å². The third-order valence-corrected chi connectivity index (χ3v) is 8.56. The Morgan fingerprint density at radius 2 is 1.53 bits per heavy atom. The summed E-state index contributed by atoms with van der Waals surface area (Å²) in [5, 5.41) is 0. The van der Waals surface area contributed by atoms with E-state index in [0.29, 0.717) is 11.5 Å². The van der Waals surface area contributed by atoms with Gasteiger partial charge in [-0.1, -0.05) is 64.1 Å². The lowest BCUT2D eigenvalue weighted by molar-refractivity contribution is -0.137. The Labute approximate surface area is 199 Å². The number of aryl methyl sites for hydroxylation is 1. The summed E-state index contributed by atoms with van der Waals surface area (Å²) in [6.07, 6.45) is -1.94. The Morgan fingerprint density at radius 3 is 2.15 bits per heavy atom. The number of rotatable bonds is 3. The predicted molar refractivity (Wildman–Crippen MR) is 131 cm³/mol. The highest BCUT2D eigenvalue weighted by Crippen LogP contribution is 2.64. The normalized spacial score (nSPS) is 25.7. The molecule has 0 saturated carbocycles. The maximum Gasteiger partial charge on any atom is 0.417 e. The van der Waals surface area contributed by atoms with Gasteiger partial charge in [0.05, 0.1) is 11.3 Å². The van der Waals surface area contributed by atoms with Crippen molar-refractivity contribution in [2.75, 3.05) is 9.80 Å². The van der Waals surface area contributed by atoms with Crippen LogP contribution in [-0.2, 0) is 11.6 Å². The molecular weight excluding hydrogens is 435 g/mol. The molecule has 2 aliphatic rings. The van der Waals surface area contributed by atoms with Crippen molar-refractivity contribution in [1.82, 2.24) is 4.98 Å². The van der Waals surface area contributed by atoms with E-state index in [-0.39, 0.29) is 17.0 Å². The van der Waals surface area contributed by atoms with Gasteiger partial charge in [0.1, 0.15) is 6.17 Å². The fraction of sp³-hybridized carbons (Fsp3) is 0.393. The molecule has 1 aromatic heterocycles. The summed E-state index contributed by atoms with van der Waals surface area (Å²) >= 11 is 0. The zero-order chi connectivity index (χ0) is 24.5. The van der Waals surface area contributed by atoms with Gasteiger partial charge >= 0.3 is 6.18 Å². The van der Waals surface area contributed by atoms with E-state index >= 15 is 0 Å². The highest BCUT2D eigenvalue weighted by molar-refractivity contribution is 5.89. The topological polar surface area (TPSA) is 19.4 Å². The summed E-state index contributed by atoms with van der Waals surface area (Å²) in [4.78, 5) is 8.74. The lowest BCUT2D eigenvalue weighted by Gasteiger charge is -2.59. The highest BCUT2D eigenvalue weighted by Gasteiger charge is 2.61. The number of hydrogen-bond donors (Lipinski definition) is 0. The molecule has 178 valence electrons. The Morgan fingerprint density at radius 1 is 0.882 bits per heavy atom. The number of halogens is 3. The average Bonchev–Trinajstić information content (AvgIpc) is 3.17. The van der Waals surface area contributed by atoms with Crippen molar-refractivity contribution in [1.29, 1.82) is 0 Å². The van der Waals surface area contributed by atoms with Crippen LogP contribution in [0.3, 0.4) is 0 Å². The monoisotopic (exact) mass is 465 g/mol. The van der Waals surface area contributed by atoms with Gasteiger partial charge in [0, 0.05) is 28.4 Å². The Bertz CT molecular complexity index is 1250. The number of pyridine rings is 1. The number of alkyl halides is 3. The SMILES string of the molecule is CCC1(C)c2ccccc2N2c3ncc(C(F)(F)F)cc3N(c3ccccc3C)C2C1(C)CC. The Kier molecular flexibility index (Phi) is 5.01. The van der Waals surface area contributed by atoms with E-state index in [0.717, 1.165) is 36.0 Å². The number of aromatic nitrogens is 1. The van der Waals surface area contributed by atoms with Gasteiger partial charge in [-0.2, -0.15) is 13.2 Å². The van der Waals surface area contributed by atoms with Crippen molar-refractivity contribution in [2.45, 2.75) is 65.2 Å². The van der Waals surface area contributed by atoms with Crippen molar-refractivity contribution in [3.05, 3.63) is 77.5 Å². The van der Waals surface area contributed by atoms with E-state index in [4.69, 9.17) is 0 Å². The van der Waals surface area contributed by atoms with Gasteiger partial charge in [-0.25, -0.2) is 4.98 Å². The van der Waals surface area contributed by atoms with Gasteiger partial charge in [-0.3, -0.25) is 0 Å². The molecule has 2 aromatic carbocycles. The van der Waals surface area contributed by atoms with Crippen LogP contribution < -0.4 is 9.80 Å². The molecule has 3 heterocycles. The number of fused-ring (bicyclic) bond motifs is 5. The maximum atomic E-state index is 13.8. The molecule has 34 heavy (non-hydrogen) atoms. The standard InChI is InChI=1S/C28H30F3N3/c1-6-26(4)20-13-9-11-15-22(20)34-24-23(16-19(17-32-24)28(29,30)31)33(25(34)27(26,5)7-2)21-14-10-8-12-18(21)3/h8-17,25H,6-7H2,1-5H3. The van der Waals surface area contributed by atoms with Crippen LogP contribution in [0.2, 0.25) is 0 Å². The van der Waals surface area contributed by atoms with E-state index in [9.17, 15) is 13.2 Å². The second-order valence-electron chi connectivity index (χ2n) is 9.94. The molecular formula is C28H30F3N3. The summed E-state index contributed by atoms with van der Waals surface area (Å²) in [6.45, 7) is 11.0. The highest BCUT2D eigenvalue weighted by atomic mass is 19.4. The summed E-state index contributed by atoms with van der Waals surface area (Å²) < 4.78 is 41.4. The summed E-state index contributed by atoms with van der Waals surface area (Å²) in [6, 6.07) is 17.5. The molecule has 0 bridgehead atoms. The second-order valence-corrected chi connectivity index (χ2v) is 9.94. The zero-order valence-corrected chi connectivity index (χ0v) is 20.2. The lowest BCUT2D eigenvalue weighted by atomic mass is 9.55. The maximum absolute atomic E-state index is 13.8. The minimum Gasteiger partial charge on any atom is -0.316 e. The van der Waals surface area contributed by atoms with Crippen LogP contribution in [0.15, 0.2) is 60.8 Å². The van der Waals surface area contributed by atoms with Crippen LogP contribution in [0, 0.1) is 12.3 Å². The first-order valence-electron chi connectivity index (χ1n) is 11.9. The molecule has 3 unspecified atom stereocenters. The molecule has 0 saturated heterocycles. The molecule has 0 amide bonds. The molecule has 0 aliphatic carbocycles. The lowest BCUT2D eigenvalue weighted by Crippen LogP contribution is -2.62. The largest absolute Gasteiger partial charge is 0.417 e. The quantitative estimate of drug-likeness (QED) is 0.389. The zero-order valence-electron chi connectivity index (χ0n) is 20.2. The summed E-state index contributed by atoms with van der Waals surface area (Å²) in [5.41, 5.74) is 3.48. The molecule has 0 radical (unpaired) electrons. The summed E-state index contributed by atoms with van der Waals surface area (Å²) in [7, 11) is 0. The van der Waals surface area contributed by atoms with E-state index in [1.54, 1.807) is 0 Å². The van der Waals surface area contributed by atoms with E-state index in [2.05, 4.69) is 60.7 Å². The average molecular weight is 466 g/mol. The second kappa shape index (κ2) is 7.49. The minimum atomic E-state index is -4.47. The van der Waals surface area contributed by atoms with Crippen molar-refractivity contribution in [3.63, 3.8) is 0 Å². The number of anilines is 4. The van der Waals surface area contributed by atoms with Crippen molar-refractivity contribution >= 4 is 22.9 Å². The Balaban J connectivity index is 1.88. The first-order chi connectivity index (χ1) is 16.1. The Hall–Kier alpha value is -3.02. The third-order valence-electron chi connectivity index (χ3n) is 8.56. The van der Waals surface area contributed by atoms with Gasteiger partial charge in [0.15, 0.2) is 5.82 Å². The number of nitrogens with zero attached hydrogens (tertiary/aromatic N) is 3. The van der Waals surface area contributed by atoms with Gasteiger partial charge in [-0.05, 0) is 49.1 Å². The van der Waals surface area contributed by atoms with Gasteiger partial charge in [0.2, 0.25) is 0 Å². The third kappa shape index (κ3) is 2.87. The van der Waals surface area contributed by atoms with Crippen LogP contribution in [0.5, 0.6) is 0 Å². The van der Waals surface area contributed by atoms with Gasteiger partial charge in [-0.15, -0.1) is 0 Å². The molecule has 0 N–H and O–H groups in total. The van der Waals surface area contributed by atoms with Crippen LogP contribution >= 0.6 is 0 Å². The molecule has 5 rings (SSSR count). The number of hydrogen-bond acceptors (Lipinski definition) is 3. The molecule has 0 fully saturated rings. The molecule has 6 heteroatoms. The van der Waals surface area contributed by atoms with Crippen LogP contribution in [-0.4, -0.2) is 11.1 Å². The molecule has 0 spiro atoms. The summed E-state index contributed by atoms with van der Waals surface area (Å²) in [5.74, 6) is 0.575. The smallest absolute Gasteiger partial charge is 0.316 e. The molecule has 3 aromatic rings. The molecule has 3 atom stereocenters. The van der Waals surface area contributed by atoms with Crippen LogP contribution in [0.4, 0.5) is 36.1 Å². The van der Waals surface area contributed by atoms with Gasteiger partial charge < -0.3 is 9.80 Å². The molecule has 3 nitrogen and oxygen atoms in total. The van der Waals surface area contributed by atoms with Crippen molar-refractivity contribution < 1.29 is 13.2 Å².